The molecule has 1 N–H and O–H groups in total. The van der Waals surface area contributed by atoms with E-state index in [9.17, 15) is 9.59 Å². The predicted molar refractivity (Wildman–Crippen MR) is 94.6 cm³/mol. The van der Waals surface area contributed by atoms with E-state index in [1.54, 1.807) is 24.3 Å². The molecule has 0 aromatic heterocycles. The molecule has 1 saturated heterocycles. The lowest BCUT2D eigenvalue weighted by Gasteiger charge is -2.20. The van der Waals surface area contributed by atoms with Gasteiger partial charge in [0.2, 0.25) is 0 Å². The minimum absolute atomic E-state index is 0.0811. The standard InChI is InChI=1S/C19H19N3O4/c23-18(24)17-7-4-12-22(17)19(25)26-13-14-8-10-16(11-9-14)21-20-15-5-2-1-3-6-15/h1-3,5-6,8-11,17H,4,7,12-13H2,(H,23,24)/t17-/m0/s1. The van der Waals surface area contributed by atoms with Gasteiger partial charge in [-0.2, -0.15) is 10.2 Å². The lowest BCUT2D eigenvalue weighted by molar-refractivity contribution is -0.141. The first-order valence-electron chi connectivity index (χ1n) is 8.35. The van der Waals surface area contributed by atoms with Gasteiger partial charge in [-0.1, -0.05) is 30.3 Å². The zero-order valence-electron chi connectivity index (χ0n) is 14.1. The Morgan fingerprint density at radius 3 is 2.35 bits per heavy atom. The molecule has 7 heteroatoms. The molecular formula is C19H19N3O4. The predicted octanol–water partition coefficient (Wildman–Crippen LogP) is 4.29. The number of rotatable bonds is 5. The van der Waals surface area contributed by atoms with Crippen molar-refractivity contribution in [3.05, 3.63) is 60.2 Å². The van der Waals surface area contributed by atoms with Crippen LogP contribution < -0.4 is 0 Å². The number of amides is 1. The molecule has 7 nitrogen and oxygen atoms in total. The van der Waals surface area contributed by atoms with Crippen LogP contribution in [0.15, 0.2) is 64.8 Å². The highest BCUT2D eigenvalue weighted by atomic mass is 16.6. The van der Waals surface area contributed by atoms with Crippen molar-refractivity contribution < 1.29 is 19.4 Å². The van der Waals surface area contributed by atoms with Gasteiger partial charge in [-0.3, -0.25) is 4.90 Å². The summed E-state index contributed by atoms with van der Waals surface area (Å²) in [6.45, 7) is 0.492. The second-order valence-electron chi connectivity index (χ2n) is 5.95. The molecule has 2 aromatic carbocycles. The highest BCUT2D eigenvalue weighted by Gasteiger charge is 2.34. The third-order valence-electron chi connectivity index (χ3n) is 4.11. The van der Waals surface area contributed by atoms with Gasteiger partial charge >= 0.3 is 12.1 Å². The van der Waals surface area contributed by atoms with Crippen LogP contribution in [-0.2, 0) is 16.1 Å². The average Bonchev–Trinajstić information content (AvgIpc) is 3.16. The molecule has 0 unspecified atom stereocenters. The zero-order valence-corrected chi connectivity index (χ0v) is 14.1. The Balaban J connectivity index is 1.54. The van der Waals surface area contributed by atoms with Gasteiger partial charge < -0.3 is 9.84 Å². The minimum atomic E-state index is -0.993. The number of hydrogen-bond acceptors (Lipinski definition) is 5. The molecule has 1 heterocycles. The van der Waals surface area contributed by atoms with Gasteiger partial charge in [0.05, 0.1) is 11.4 Å². The fourth-order valence-electron chi connectivity index (χ4n) is 2.74. The molecule has 3 rings (SSSR count). The average molecular weight is 353 g/mol. The Hall–Kier alpha value is -3.22. The van der Waals surface area contributed by atoms with Gasteiger partial charge in [0, 0.05) is 6.54 Å². The normalized spacial score (nSPS) is 16.8. The lowest BCUT2D eigenvalue weighted by Crippen LogP contribution is -2.40. The van der Waals surface area contributed by atoms with Crippen LogP contribution in [0.3, 0.4) is 0 Å². The summed E-state index contributed by atoms with van der Waals surface area (Å²) in [4.78, 5) is 24.5. The van der Waals surface area contributed by atoms with Crippen LogP contribution in [0, 0.1) is 0 Å². The lowest BCUT2D eigenvalue weighted by atomic mass is 10.2. The van der Waals surface area contributed by atoms with Crippen LogP contribution in [-0.4, -0.2) is 34.7 Å². The van der Waals surface area contributed by atoms with Gasteiger partial charge in [-0.05, 0) is 42.7 Å². The van der Waals surface area contributed by atoms with E-state index in [0.717, 1.165) is 11.3 Å². The van der Waals surface area contributed by atoms with E-state index in [2.05, 4.69) is 10.2 Å². The monoisotopic (exact) mass is 353 g/mol. The molecule has 1 aliphatic heterocycles. The summed E-state index contributed by atoms with van der Waals surface area (Å²) in [6.07, 6.45) is 0.543. The molecule has 1 atom stereocenters. The number of likely N-dealkylation sites (tertiary alicyclic amines) is 1. The molecule has 0 spiro atoms. The van der Waals surface area contributed by atoms with E-state index in [1.807, 2.05) is 30.3 Å². The summed E-state index contributed by atoms with van der Waals surface area (Å²) in [6, 6.07) is 15.8. The van der Waals surface area contributed by atoms with Crippen molar-refractivity contribution in [1.29, 1.82) is 0 Å². The molecule has 1 amide bonds. The van der Waals surface area contributed by atoms with E-state index < -0.39 is 18.1 Å². The molecule has 26 heavy (non-hydrogen) atoms. The molecule has 0 bridgehead atoms. The number of nitrogens with zero attached hydrogens (tertiary/aromatic N) is 3. The largest absolute Gasteiger partial charge is 0.480 e. The third kappa shape index (κ3) is 4.44. The van der Waals surface area contributed by atoms with Crippen molar-refractivity contribution in [1.82, 2.24) is 4.90 Å². The number of carboxylic acids is 1. The number of carbonyl (C=O) groups excluding carboxylic acids is 1. The first-order valence-corrected chi connectivity index (χ1v) is 8.35. The van der Waals surface area contributed by atoms with Crippen molar-refractivity contribution in [2.45, 2.75) is 25.5 Å². The SMILES string of the molecule is O=C(O)[C@@H]1CCCN1C(=O)OCc1ccc(N=Nc2ccccc2)cc1. The Kier molecular flexibility index (Phi) is 5.58. The van der Waals surface area contributed by atoms with E-state index in [4.69, 9.17) is 9.84 Å². The molecule has 0 saturated carbocycles. The second kappa shape index (κ2) is 8.24. The van der Waals surface area contributed by atoms with Crippen molar-refractivity contribution in [2.24, 2.45) is 10.2 Å². The summed E-state index contributed by atoms with van der Waals surface area (Å²) in [7, 11) is 0. The number of carboxylic acid groups (broad SMARTS) is 1. The summed E-state index contributed by atoms with van der Waals surface area (Å²) in [5.41, 5.74) is 2.25. The molecule has 134 valence electrons. The number of benzene rings is 2. The first-order chi connectivity index (χ1) is 12.6. The van der Waals surface area contributed by atoms with Crippen LogP contribution in [0.5, 0.6) is 0 Å². The van der Waals surface area contributed by atoms with Gasteiger partial charge in [-0.15, -0.1) is 0 Å². The first kappa shape index (κ1) is 17.6. The molecule has 0 aliphatic carbocycles. The summed E-state index contributed by atoms with van der Waals surface area (Å²) in [5, 5.41) is 17.4. The molecule has 1 aliphatic rings. The van der Waals surface area contributed by atoms with Crippen molar-refractivity contribution in [2.75, 3.05) is 6.54 Å². The third-order valence-corrected chi connectivity index (χ3v) is 4.11. The van der Waals surface area contributed by atoms with Crippen molar-refractivity contribution >= 4 is 23.4 Å². The summed E-state index contributed by atoms with van der Waals surface area (Å²) in [5.74, 6) is -0.993. The Morgan fingerprint density at radius 1 is 1.04 bits per heavy atom. The maximum absolute atomic E-state index is 12.1. The van der Waals surface area contributed by atoms with Gasteiger partial charge in [0.1, 0.15) is 12.6 Å². The molecule has 1 fully saturated rings. The maximum atomic E-state index is 12.1. The van der Waals surface area contributed by atoms with Crippen LogP contribution >= 0.6 is 0 Å². The van der Waals surface area contributed by atoms with Crippen molar-refractivity contribution in [3.8, 4) is 0 Å². The number of ether oxygens (including phenoxy) is 1. The summed E-state index contributed by atoms with van der Waals surface area (Å²) < 4.78 is 5.23. The quantitative estimate of drug-likeness (QED) is 0.812. The highest BCUT2D eigenvalue weighted by molar-refractivity contribution is 5.80. The molecule has 2 aromatic rings. The topological polar surface area (TPSA) is 91.6 Å². The number of azo groups is 1. The number of aliphatic carboxylic acids is 1. The van der Waals surface area contributed by atoms with E-state index in [0.29, 0.717) is 25.1 Å². The number of carbonyl (C=O) groups is 2. The van der Waals surface area contributed by atoms with Gasteiger partial charge in [0.25, 0.3) is 0 Å². The fourth-order valence-corrected chi connectivity index (χ4v) is 2.74. The minimum Gasteiger partial charge on any atom is -0.480 e. The summed E-state index contributed by atoms with van der Waals surface area (Å²) >= 11 is 0. The van der Waals surface area contributed by atoms with Crippen LogP contribution in [0.1, 0.15) is 18.4 Å². The Labute approximate surface area is 150 Å². The van der Waals surface area contributed by atoms with Crippen LogP contribution in [0.2, 0.25) is 0 Å². The van der Waals surface area contributed by atoms with E-state index >= 15 is 0 Å². The van der Waals surface area contributed by atoms with Gasteiger partial charge in [0.15, 0.2) is 0 Å². The number of hydrogen-bond donors (Lipinski definition) is 1. The Morgan fingerprint density at radius 2 is 1.69 bits per heavy atom. The van der Waals surface area contributed by atoms with E-state index in [-0.39, 0.29) is 6.61 Å². The van der Waals surface area contributed by atoms with Crippen LogP contribution in [0.25, 0.3) is 0 Å². The smallest absolute Gasteiger partial charge is 0.410 e. The second-order valence-corrected chi connectivity index (χ2v) is 5.95. The highest BCUT2D eigenvalue weighted by Crippen LogP contribution is 2.20. The molecular weight excluding hydrogens is 334 g/mol. The van der Waals surface area contributed by atoms with E-state index in [1.165, 1.54) is 4.90 Å². The molecule has 0 radical (unpaired) electrons. The fraction of sp³-hybridized carbons (Fsp3) is 0.263. The van der Waals surface area contributed by atoms with Crippen molar-refractivity contribution in [3.63, 3.8) is 0 Å². The maximum Gasteiger partial charge on any atom is 0.410 e. The zero-order chi connectivity index (χ0) is 18.4. The van der Waals surface area contributed by atoms with Gasteiger partial charge in [-0.25, -0.2) is 9.59 Å². The van der Waals surface area contributed by atoms with Crippen LogP contribution in [0.4, 0.5) is 16.2 Å². The Bertz CT molecular complexity index is 790.